The molecule has 0 amide bonds. The van der Waals surface area contributed by atoms with E-state index in [2.05, 4.69) is 26.3 Å². The zero-order valence-corrected chi connectivity index (χ0v) is 14.2. The van der Waals surface area contributed by atoms with Crippen molar-refractivity contribution >= 4 is 44.0 Å². The number of fused-ring (bicyclic) bond motifs is 1. The fourth-order valence-corrected chi connectivity index (χ4v) is 3.77. The molecule has 0 unspecified atom stereocenters. The number of Topliss-reactive ketones (excluding diaryl/α,β-unsaturated/α-hetero) is 1. The summed E-state index contributed by atoms with van der Waals surface area (Å²) in [5, 5.41) is 13.0. The Labute approximate surface area is 148 Å². The summed E-state index contributed by atoms with van der Waals surface area (Å²) in [6.07, 6.45) is 2.96. The van der Waals surface area contributed by atoms with Crippen molar-refractivity contribution in [3.8, 4) is 6.07 Å². The summed E-state index contributed by atoms with van der Waals surface area (Å²) in [6, 6.07) is 11.5. The minimum atomic E-state index is 0.329. The van der Waals surface area contributed by atoms with Crippen LogP contribution >= 0.6 is 11.3 Å². The van der Waals surface area contributed by atoms with Gasteiger partial charge in [0.1, 0.15) is 11.6 Å². The van der Waals surface area contributed by atoms with E-state index < -0.39 is 0 Å². The van der Waals surface area contributed by atoms with Gasteiger partial charge in [0.2, 0.25) is 0 Å². The first-order valence-corrected chi connectivity index (χ1v) is 8.83. The Morgan fingerprint density at radius 3 is 2.84 bits per heavy atom. The van der Waals surface area contributed by atoms with E-state index in [1.165, 1.54) is 11.3 Å². The van der Waals surface area contributed by atoms with Gasteiger partial charge in [-0.05, 0) is 24.3 Å². The highest BCUT2D eigenvalue weighted by Crippen LogP contribution is 2.29. The number of thiazole rings is 1. The molecule has 124 valence electrons. The first-order valence-electron chi connectivity index (χ1n) is 8.02. The second-order valence-electron chi connectivity index (χ2n) is 5.86. The van der Waals surface area contributed by atoms with Crippen LogP contribution in [0.5, 0.6) is 0 Å². The van der Waals surface area contributed by atoms with E-state index in [1.54, 1.807) is 12.3 Å². The average molecular weight is 349 g/mol. The summed E-state index contributed by atoms with van der Waals surface area (Å²) < 4.78 is 0.965. The van der Waals surface area contributed by atoms with E-state index >= 15 is 0 Å². The highest BCUT2D eigenvalue weighted by molar-refractivity contribution is 7.22. The number of carbonyl (C=O) groups is 1. The molecule has 1 N–H and O–H groups in total. The second-order valence-corrected chi connectivity index (χ2v) is 6.89. The smallest absolute Gasteiger partial charge is 0.189 e. The number of nitrogens with one attached hydrogen (secondary N) is 1. The molecule has 0 aliphatic carbocycles. The van der Waals surface area contributed by atoms with Crippen LogP contribution in [0.15, 0.2) is 36.5 Å². The van der Waals surface area contributed by atoms with Gasteiger partial charge in [0.05, 0.1) is 21.8 Å². The minimum absolute atomic E-state index is 0.329. The van der Waals surface area contributed by atoms with Gasteiger partial charge in [-0.25, -0.2) is 9.97 Å². The van der Waals surface area contributed by atoms with Gasteiger partial charge in [0.25, 0.3) is 0 Å². The maximum atomic E-state index is 11.4. The molecule has 1 saturated heterocycles. The zero-order valence-electron chi connectivity index (χ0n) is 13.4. The molecule has 1 aliphatic rings. The molecule has 0 radical (unpaired) electrons. The quantitative estimate of drug-likeness (QED) is 0.779. The molecule has 1 aromatic carbocycles. The van der Waals surface area contributed by atoms with E-state index in [0.717, 1.165) is 34.1 Å². The van der Waals surface area contributed by atoms with Crippen molar-refractivity contribution in [3.63, 3.8) is 0 Å². The van der Waals surface area contributed by atoms with Crippen LogP contribution in [0.25, 0.3) is 10.2 Å². The molecule has 2 aromatic heterocycles. The Hall–Kier alpha value is -2.98. The Morgan fingerprint density at radius 1 is 1.20 bits per heavy atom. The number of hydrogen-bond donors (Lipinski definition) is 1. The van der Waals surface area contributed by atoms with Crippen LogP contribution < -0.4 is 10.2 Å². The fourth-order valence-electron chi connectivity index (χ4n) is 2.86. The number of carbonyl (C=O) groups excluding carboxylic acids is 1. The van der Waals surface area contributed by atoms with Gasteiger partial charge < -0.3 is 10.2 Å². The Morgan fingerprint density at radius 2 is 2.04 bits per heavy atom. The minimum Gasteiger partial charge on any atom is -0.370 e. The molecule has 3 heterocycles. The largest absolute Gasteiger partial charge is 0.370 e. The number of nitriles is 1. The summed E-state index contributed by atoms with van der Waals surface area (Å²) in [4.78, 5) is 22.5. The van der Waals surface area contributed by atoms with Gasteiger partial charge in [-0.15, -0.1) is 0 Å². The maximum Gasteiger partial charge on any atom is 0.189 e. The number of nitrogens with zero attached hydrogens (tertiary/aromatic N) is 4. The standard InChI is InChI=1S/C18H15N5OS/c19-11-12-1-2-15-16(9-12)25-18(21-15)22-17-10-13(3-6-20-17)23-7-4-14(24)5-8-23/h1-3,6,9-10H,4-5,7-8H2,(H,20,21,22). The zero-order chi connectivity index (χ0) is 17.2. The molecule has 4 rings (SSSR count). The lowest BCUT2D eigenvalue weighted by molar-refractivity contribution is -0.119. The number of anilines is 3. The van der Waals surface area contributed by atoms with Crippen molar-refractivity contribution in [3.05, 3.63) is 42.1 Å². The third-order valence-corrected chi connectivity index (χ3v) is 5.12. The molecule has 0 saturated carbocycles. The first kappa shape index (κ1) is 15.5. The van der Waals surface area contributed by atoms with Gasteiger partial charge in [0.15, 0.2) is 5.13 Å². The predicted octanol–water partition coefficient (Wildman–Crippen LogP) is 3.48. The lowest BCUT2D eigenvalue weighted by Crippen LogP contribution is -2.33. The van der Waals surface area contributed by atoms with Crippen molar-refractivity contribution in [1.82, 2.24) is 9.97 Å². The van der Waals surface area contributed by atoms with Gasteiger partial charge >= 0.3 is 0 Å². The Balaban J connectivity index is 1.55. The third-order valence-electron chi connectivity index (χ3n) is 4.18. The molecule has 7 heteroatoms. The van der Waals surface area contributed by atoms with Crippen LogP contribution in [0, 0.1) is 11.3 Å². The van der Waals surface area contributed by atoms with E-state index in [1.807, 2.05) is 24.3 Å². The van der Waals surface area contributed by atoms with Crippen LogP contribution in [0.3, 0.4) is 0 Å². The summed E-state index contributed by atoms with van der Waals surface area (Å²) in [5.41, 5.74) is 2.54. The van der Waals surface area contributed by atoms with Crippen LogP contribution in [-0.4, -0.2) is 28.8 Å². The highest BCUT2D eigenvalue weighted by Gasteiger charge is 2.17. The molecule has 0 bridgehead atoms. The van der Waals surface area contributed by atoms with E-state index in [9.17, 15) is 4.79 Å². The van der Waals surface area contributed by atoms with E-state index in [0.29, 0.717) is 30.0 Å². The summed E-state index contributed by atoms with van der Waals surface area (Å²) in [5.74, 6) is 1.05. The molecule has 6 nitrogen and oxygen atoms in total. The molecule has 3 aromatic rings. The predicted molar refractivity (Wildman–Crippen MR) is 98.3 cm³/mol. The molecule has 0 atom stereocenters. The lowest BCUT2D eigenvalue weighted by Gasteiger charge is -2.28. The number of piperidine rings is 1. The van der Waals surface area contributed by atoms with Gasteiger partial charge in [-0.2, -0.15) is 5.26 Å². The molecule has 25 heavy (non-hydrogen) atoms. The number of hydrogen-bond acceptors (Lipinski definition) is 7. The molecule has 0 spiro atoms. The molecule has 1 aliphatic heterocycles. The third kappa shape index (κ3) is 3.30. The van der Waals surface area contributed by atoms with Crippen LogP contribution in [0.4, 0.5) is 16.6 Å². The summed E-state index contributed by atoms with van der Waals surface area (Å²) in [6.45, 7) is 1.50. The monoisotopic (exact) mass is 349 g/mol. The Bertz CT molecular complexity index is 981. The number of pyridine rings is 1. The number of ketones is 1. The van der Waals surface area contributed by atoms with Crippen molar-refractivity contribution in [1.29, 1.82) is 5.26 Å². The molecular formula is C18H15N5OS. The summed E-state index contributed by atoms with van der Waals surface area (Å²) in [7, 11) is 0. The highest BCUT2D eigenvalue weighted by atomic mass is 32.1. The molecule has 1 fully saturated rings. The van der Waals surface area contributed by atoms with Gasteiger partial charge in [0, 0.05) is 43.9 Å². The number of rotatable bonds is 3. The second kappa shape index (κ2) is 6.49. The van der Waals surface area contributed by atoms with Crippen molar-refractivity contribution in [2.75, 3.05) is 23.3 Å². The maximum absolute atomic E-state index is 11.4. The number of aromatic nitrogens is 2. The van der Waals surface area contributed by atoms with E-state index in [4.69, 9.17) is 5.26 Å². The van der Waals surface area contributed by atoms with Gasteiger partial charge in [-0.3, -0.25) is 4.79 Å². The van der Waals surface area contributed by atoms with E-state index in [-0.39, 0.29) is 0 Å². The normalized spacial score (nSPS) is 14.5. The fraction of sp³-hybridized carbons (Fsp3) is 0.222. The summed E-state index contributed by atoms with van der Waals surface area (Å²) >= 11 is 1.49. The Kier molecular flexibility index (Phi) is 4.04. The topological polar surface area (TPSA) is 81.9 Å². The van der Waals surface area contributed by atoms with Crippen LogP contribution in [-0.2, 0) is 4.79 Å². The van der Waals surface area contributed by atoms with Crippen LogP contribution in [0.2, 0.25) is 0 Å². The molecular weight excluding hydrogens is 334 g/mol. The SMILES string of the molecule is N#Cc1ccc2nc(Nc3cc(N4CCC(=O)CC4)ccn3)sc2c1. The van der Waals surface area contributed by atoms with Crippen molar-refractivity contribution < 1.29 is 4.79 Å². The lowest BCUT2D eigenvalue weighted by atomic mass is 10.1. The number of benzene rings is 1. The average Bonchev–Trinajstić information content (AvgIpc) is 3.03. The van der Waals surface area contributed by atoms with Crippen molar-refractivity contribution in [2.45, 2.75) is 12.8 Å². The van der Waals surface area contributed by atoms with Gasteiger partial charge in [-0.1, -0.05) is 11.3 Å². The van der Waals surface area contributed by atoms with Crippen LogP contribution in [0.1, 0.15) is 18.4 Å². The first-order chi connectivity index (χ1) is 12.2. The van der Waals surface area contributed by atoms with Crippen molar-refractivity contribution in [2.24, 2.45) is 0 Å².